The summed E-state index contributed by atoms with van der Waals surface area (Å²) in [7, 11) is 1.56. The van der Waals surface area contributed by atoms with E-state index in [1.807, 2.05) is 24.1 Å². The molecular formula is C26H31FN6O3. The zero-order valence-corrected chi connectivity index (χ0v) is 20.9. The Kier molecular flexibility index (Phi) is 5.88. The average molecular weight is 495 g/mol. The van der Waals surface area contributed by atoms with Gasteiger partial charge in [0.05, 0.1) is 44.1 Å². The lowest BCUT2D eigenvalue weighted by Gasteiger charge is -2.35. The van der Waals surface area contributed by atoms with Crippen LogP contribution in [0.3, 0.4) is 0 Å². The minimum absolute atomic E-state index is 0.0658. The molecule has 3 aliphatic rings. The second-order valence-corrected chi connectivity index (χ2v) is 10.2. The third-order valence-electron chi connectivity index (χ3n) is 7.70. The number of hydrogen-bond donors (Lipinski definition) is 0. The fraction of sp³-hybridized carbons (Fsp3) is 0.538. The molecule has 9 nitrogen and oxygen atoms in total. The number of anilines is 1. The van der Waals surface area contributed by atoms with Crippen LogP contribution < -0.4 is 9.64 Å². The lowest BCUT2D eigenvalue weighted by atomic mass is 9.85. The van der Waals surface area contributed by atoms with E-state index in [1.165, 1.54) is 0 Å². The number of ketones is 1. The van der Waals surface area contributed by atoms with Crippen molar-refractivity contribution < 1.29 is 18.7 Å². The molecule has 36 heavy (non-hydrogen) atoms. The van der Waals surface area contributed by atoms with Crippen molar-refractivity contribution in [1.82, 2.24) is 24.6 Å². The Morgan fingerprint density at radius 1 is 1.22 bits per heavy atom. The first kappa shape index (κ1) is 23.3. The second kappa shape index (κ2) is 9.08. The van der Waals surface area contributed by atoms with Gasteiger partial charge in [-0.3, -0.25) is 9.69 Å². The van der Waals surface area contributed by atoms with Gasteiger partial charge >= 0.3 is 6.01 Å². The second-order valence-electron chi connectivity index (χ2n) is 10.2. The lowest BCUT2D eigenvalue weighted by molar-refractivity contribution is -0.118. The number of aromatic nitrogens is 4. The number of rotatable bonds is 6. The largest absolute Gasteiger partial charge is 0.467 e. The van der Waals surface area contributed by atoms with Crippen LogP contribution in [0.5, 0.6) is 6.01 Å². The van der Waals surface area contributed by atoms with Gasteiger partial charge in [0.1, 0.15) is 17.8 Å². The fourth-order valence-corrected chi connectivity index (χ4v) is 5.99. The summed E-state index contributed by atoms with van der Waals surface area (Å²) in [6, 6.07) is 6.65. The molecule has 6 rings (SSSR count). The van der Waals surface area contributed by atoms with E-state index >= 15 is 4.39 Å². The van der Waals surface area contributed by atoms with Crippen molar-refractivity contribution in [3.8, 4) is 11.8 Å². The Hall–Kier alpha value is -3.11. The number of fused-ring (bicyclic) bond motifs is 3. The van der Waals surface area contributed by atoms with E-state index in [9.17, 15) is 4.79 Å². The molecule has 0 spiro atoms. The van der Waals surface area contributed by atoms with Crippen molar-refractivity contribution in [2.24, 2.45) is 0 Å². The van der Waals surface area contributed by atoms with E-state index in [-0.39, 0.29) is 30.4 Å². The van der Waals surface area contributed by atoms with Gasteiger partial charge in [-0.1, -0.05) is 0 Å². The molecule has 10 heteroatoms. The number of halogens is 1. The number of aryl methyl sites for hydroxylation is 1. The molecule has 5 heterocycles. The predicted octanol–water partition coefficient (Wildman–Crippen LogP) is 2.83. The molecule has 0 saturated carbocycles. The average Bonchev–Trinajstić information content (AvgIpc) is 3.59. The zero-order chi connectivity index (χ0) is 25.0. The van der Waals surface area contributed by atoms with Gasteiger partial charge in [0.15, 0.2) is 5.82 Å². The maximum Gasteiger partial charge on any atom is 0.320 e. The van der Waals surface area contributed by atoms with Gasteiger partial charge in [0.2, 0.25) is 0 Å². The Morgan fingerprint density at radius 2 is 2.06 bits per heavy atom. The molecule has 0 unspecified atom stereocenters. The molecule has 3 saturated heterocycles. The first-order valence-corrected chi connectivity index (χ1v) is 12.6. The van der Waals surface area contributed by atoms with E-state index in [4.69, 9.17) is 9.47 Å². The highest BCUT2D eigenvalue weighted by molar-refractivity contribution is 5.82. The molecule has 0 N–H and O–H groups in total. The molecular weight excluding hydrogens is 463 g/mol. The normalized spacial score (nSPS) is 26.2. The minimum Gasteiger partial charge on any atom is -0.467 e. The Labute approximate surface area is 209 Å². The van der Waals surface area contributed by atoms with E-state index < -0.39 is 6.17 Å². The summed E-state index contributed by atoms with van der Waals surface area (Å²) in [5, 5.41) is 5.60. The minimum atomic E-state index is -1.04. The van der Waals surface area contributed by atoms with Crippen molar-refractivity contribution >= 4 is 22.5 Å². The lowest BCUT2D eigenvalue weighted by Crippen LogP contribution is -2.42. The molecule has 190 valence electrons. The van der Waals surface area contributed by atoms with Crippen LogP contribution in [-0.2, 0) is 9.53 Å². The molecule has 0 amide bonds. The van der Waals surface area contributed by atoms with Crippen LogP contribution in [0.4, 0.5) is 10.2 Å². The number of hydrogen-bond acceptors (Lipinski definition) is 8. The number of benzene rings is 1. The number of carbonyl (C=O) groups excluding carboxylic acids is 1. The molecule has 1 aromatic carbocycles. The van der Waals surface area contributed by atoms with Crippen molar-refractivity contribution in [2.45, 2.75) is 50.9 Å². The van der Waals surface area contributed by atoms with E-state index in [0.29, 0.717) is 38.0 Å². The number of likely N-dealkylation sites (tertiary alicyclic amines) is 1. The number of nitrogens with zero attached hydrogens (tertiary/aromatic N) is 6. The first-order chi connectivity index (χ1) is 17.4. The third kappa shape index (κ3) is 4.12. The summed E-state index contributed by atoms with van der Waals surface area (Å²) in [6.07, 6.45) is 2.69. The molecule has 3 aliphatic heterocycles. The highest BCUT2D eigenvalue weighted by atomic mass is 19.1. The number of morpholine rings is 1. The van der Waals surface area contributed by atoms with Crippen LogP contribution in [0.1, 0.15) is 36.8 Å². The number of piperidine rings is 1. The van der Waals surface area contributed by atoms with Gasteiger partial charge in [-0.15, -0.1) is 0 Å². The highest BCUT2D eigenvalue weighted by Gasteiger charge is 2.40. The van der Waals surface area contributed by atoms with Crippen LogP contribution in [0.15, 0.2) is 24.4 Å². The maximum atomic E-state index is 15.3. The summed E-state index contributed by atoms with van der Waals surface area (Å²) in [6.45, 7) is 6.36. The Morgan fingerprint density at radius 3 is 2.75 bits per heavy atom. The summed E-state index contributed by atoms with van der Waals surface area (Å²) in [4.78, 5) is 24.9. The van der Waals surface area contributed by atoms with E-state index in [2.05, 4.69) is 32.1 Å². The highest BCUT2D eigenvalue weighted by Crippen LogP contribution is 2.36. The Balaban J connectivity index is 1.35. The van der Waals surface area contributed by atoms with Crippen molar-refractivity contribution in [3.05, 3.63) is 35.5 Å². The van der Waals surface area contributed by atoms with Gasteiger partial charge < -0.3 is 14.4 Å². The number of carbonyl (C=O) groups is 1. The van der Waals surface area contributed by atoms with Crippen LogP contribution in [0.2, 0.25) is 0 Å². The van der Waals surface area contributed by atoms with Crippen LogP contribution in [-0.4, -0.2) is 88.6 Å². The van der Waals surface area contributed by atoms with E-state index in [1.54, 1.807) is 18.7 Å². The smallest absolute Gasteiger partial charge is 0.320 e. The molecule has 2 aromatic heterocycles. The van der Waals surface area contributed by atoms with Crippen molar-refractivity contribution in [2.75, 3.05) is 44.8 Å². The Bertz CT molecular complexity index is 1310. The van der Waals surface area contributed by atoms with Crippen LogP contribution >= 0.6 is 0 Å². The zero-order valence-electron chi connectivity index (χ0n) is 20.9. The number of Topliss-reactive ketones (excluding diaryl/α,β-unsaturated/α-hetero) is 1. The number of alkyl halides is 1. The van der Waals surface area contributed by atoms with Crippen molar-refractivity contribution in [3.63, 3.8) is 0 Å². The number of methoxy groups -OCH3 is 1. The molecule has 3 fully saturated rings. The molecule has 2 bridgehead atoms. The first-order valence-electron chi connectivity index (χ1n) is 12.6. The predicted molar refractivity (Wildman–Crippen MR) is 133 cm³/mol. The van der Waals surface area contributed by atoms with Gasteiger partial charge in [-0.25, -0.2) is 9.07 Å². The molecule has 0 aliphatic carbocycles. The quantitative estimate of drug-likeness (QED) is 0.517. The topological polar surface area (TPSA) is 85.6 Å². The van der Waals surface area contributed by atoms with Gasteiger partial charge in [0, 0.05) is 30.5 Å². The fourth-order valence-electron chi connectivity index (χ4n) is 5.99. The van der Waals surface area contributed by atoms with E-state index in [0.717, 1.165) is 40.8 Å². The van der Waals surface area contributed by atoms with Crippen molar-refractivity contribution in [1.29, 1.82) is 0 Å². The summed E-state index contributed by atoms with van der Waals surface area (Å²) >= 11 is 0. The molecule has 3 aromatic rings. The van der Waals surface area contributed by atoms with Crippen LogP contribution in [0.25, 0.3) is 16.7 Å². The van der Waals surface area contributed by atoms with Gasteiger partial charge in [0.25, 0.3) is 0 Å². The standard InChI is InChI=1S/C26H31FN6O3/c1-15-6-17-10-28-33(23(17)8-21(15)20-4-5-31(11-16(2)34)13-22(20)27)25-9-24(29-26(30-25)35-3)32-12-19-7-18(32)14-36-19/h6,8-10,18-20,22H,4-5,7,11-14H2,1-3H3/t18-,19-,20+,22+/m0/s1. The SMILES string of the molecule is COc1nc(N2C[C@@H]3C[C@H]2CO3)cc(-n2ncc3cc(C)c([C@H]4CCN(CC(C)=O)C[C@H]4F)cc32)n1. The summed E-state index contributed by atoms with van der Waals surface area (Å²) < 4.78 is 28.3. The third-order valence-corrected chi connectivity index (χ3v) is 7.70. The maximum absolute atomic E-state index is 15.3. The molecule has 4 atom stereocenters. The van der Waals surface area contributed by atoms with Gasteiger partial charge in [-0.05, 0) is 56.5 Å². The number of ether oxygens (including phenoxy) is 2. The summed E-state index contributed by atoms with van der Waals surface area (Å²) in [5.41, 5.74) is 2.89. The van der Waals surface area contributed by atoms with Crippen LogP contribution in [0, 0.1) is 6.92 Å². The monoisotopic (exact) mass is 494 g/mol. The molecule has 0 radical (unpaired) electrons. The van der Waals surface area contributed by atoms with Gasteiger partial charge in [-0.2, -0.15) is 15.1 Å². The summed E-state index contributed by atoms with van der Waals surface area (Å²) in [5.74, 6) is 1.25.